The molecule has 0 aromatic heterocycles. The highest BCUT2D eigenvalue weighted by atomic mass is 32.2. The van der Waals surface area contributed by atoms with E-state index >= 15 is 0 Å². The predicted octanol–water partition coefficient (Wildman–Crippen LogP) is 4.80. The van der Waals surface area contributed by atoms with E-state index < -0.39 is 4.92 Å². The molecule has 0 bridgehead atoms. The van der Waals surface area contributed by atoms with E-state index in [0.717, 1.165) is 22.5 Å². The molecule has 0 atom stereocenters. The second kappa shape index (κ2) is 6.69. The predicted molar refractivity (Wildman–Crippen MR) is 108 cm³/mol. The van der Waals surface area contributed by atoms with Gasteiger partial charge >= 0.3 is 0 Å². The smallest absolute Gasteiger partial charge is 0.271 e. The molecule has 0 spiro atoms. The van der Waals surface area contributed by atoms with Gasteiger partial charge in [0.25, 0.3) is 11.6 Å². The number of anilines is 1. The summed E-state index contributed by atoms with van der Waals surface area (Å²) in [4.78, 5) is 25.0. The van der Waals surface area contributed by atoms with E-state index in [4.69, 9.17) is 5.41 Å². The van der Waals surface area contributed by atoms with Crippen molar-refractivity contribution in [3.05, 3.63) is 87.3 Å². The number of rotatable bonds is 3. The number of amides is 1. The molecular weight excluding hydrogens is 362 g/mol. The molecule has 1 amide bonds. The summed E-state index contributed by atoms with van der Waals surface area (Å²) in [6.45, 7) is 0. The Kier molecular flexibility index (Phi) is 4.21. The second-order valence-corrected chi connectivity index (χ2v) is 6.97. The molecule has 3 aromatic carbocycles. The first-order valence-corrected chi connectivity index (χ1v) is 8.90. The maximum absolute atomic E-state index is 12.8. The Balaban J connectivity index is 1.69. The Morgan fingerprint density at radius 2 is 1.78 bits per heavy atom. The summed E-state index contributed by atoms with van der Waals surface area (Å²) in [5, 5.41) is 21.3. The molecule has 3 aromatic rings. The minimum Gasteiger partial charge on any atom is -0.278 e. The van der Waals surface area contributed by atoms with E-state index in [0.29, 0.717) is 16.2 Å². The number of carbonyl (C=O) groups is 1. The van der Waals surface area contributed by atoms with Gasteiger partial charge in [-0.15, -0.1) is 0 Å². The number of benzene rings is 3. The SMILES string of the molecule is N=C1S/C(=C\c2cccc([N+](=O)[O-])c2)C(=O)N1c1ccc2ccccc2c1. The Morgan fingerprint density at radius 3 is 2.56 bits per heavy atom. The van der Waals surface area contributed by atoms with Crippen LogP contribution in [0, 0.1) is 15.5 Å². The summed E-state index contributed by atoms with van der Waals surface area (Å²) < 4.78 is 0. The highest BCUT2D eigenvalue weighted by molar-refractivity contribution is 8.19. The van der Waals surface area contributed by atoms with Gasteiger partial charge in [-0.2, -0.15) is 0 Å². The fourth-order valence-electron chi connectivity index (χ4n) is 2.92. The second-order valence-electron chi connectivity index (χ2n) is 5.94. The number of non-ortho nitro benzene ring substituents is 1. The van der Waals surface area contributed by atoms with Crippen LogP contribution in [0.1, 0.15) is 5.56 Å². The van der Waals surface area contributed by atoms with Gasteiger partial charge in [-0.05, 0) is 46.3 Å². The van der Waals surface area contributed by atoms with Gasteiger partial charge < -0.3 is 0 Å². The number of nitro groups is 1. The van der Waals surface area contributed by atoms with Crippen LogP contribution in [0.15, 0.2) is 71.6 Å². The summed E-state index contributed by atoms with van der Waals surface area (Å²) in [6, 6.07) is 19.5. The summed E-state index contributed by atoms with van der Waals surface area (Å²) in [7, 11) is 0. The lowest BCUT2D eigenvalue weighted by Gasteiger charge is -2.15. The Labute approximate surface area is 158 Å². The fourth-order valence-corrected chi connectivity index (χ4v) is 3.78. The largest absolute Gasteiger partial charge is 0.278 e. The van der Waals surface area contributed by atoms with Crippen molar-refractivity contribution < 1.29 is 9.72 Å². The zero-order valence-corrected chi connectivity index (χ0v) is 14.8. The number of thioether (sulfide) groups is 1. The topological polar surface area (TPSA) is 87.3 Å². The van der Waals surface area contributed by atoms with E-state index in [1.807, 2.05) is 42.5 Å². The highest BCUT2D eigenvalue weighted by Gasteiger charge is 2.33. The third kappa shape index (κ3) is 3.20. The molecule has 0 radical (unpaired) electrons. The molecule has 0 unspecified atom stereocenters. The Bertz CT molecular complexity index is 1140. The number of nitrogens with zero attached hydrogens (tertiary/aromatic N) is 2. The summed E-state index contributed by atoms with van der Waals surface area (Å²) in [5.41, 5.74) is 1.13. The molecule has 1 saturated heterocycles. The Hall–Kier alpha value is -3.45. The molecule has 1 aliphatic rings. The molecule has 1 aliphatic heterocycles. The quantitative estimate of drug-likeness (QED) is 0.404. The summed E-state index contributed by atoms with van der Waals surface area (Å²) in [5.74, 6) is -0.313. The fraction of sp³-hybridized carbons (Fsp3) is 0. The average molecular weight is 375 g/mol. The molecule has 132 valence electrons. The molecule has 6 nitrogen and oxygen atoms in total. The van der Waals surface area contributed by atoms with Crippen molar-refractivity contribution in [1.82, 2.24) is 0 Å². The lowest BCUT2D eigenvalue weighted by Crippen LogP contribution is -2.28. The lowest BCUT2D eigenvalue weighted by molar-refractivity contribution is -0.384. The lowest BCUT2D eigenvalue weighted by atomic mass is 10.1. The number of hydrogen-bond donors (Lipinski definition) is 1. The van der Waals surface area contributed by atoms with E-state index in [1.54, 1.807) is 18.2 Å². The van der Waals surface area contributed by atoms with E-state index in [2.05, 4.69) is 0 Å². The van der Waals surface area contributed by atoms with Crippen LogP contribution in [0.4, 0.5) is 11.4 Å². The maximum atomic E-state index is 12.8. The average Bonchev–Trinajstić information content (AvgIpc) is 2.95. The van der Waals surface area contributed by atoms with Crippen molar-refractivity contribution in [3.8, 4) is 0 Å². The first-order valence-electron chi connectivity index (χ1n) is 8.09. The molecule has 0 saturated carbocycles. The van der Waals surface area contributed by atoms with Gasteiger partial charge in [0.2, 0.25) is 0 Å². The van der Waals surface area contributed by atoms with Crippen LogP contribution in [0.25, 0.3) is 16.8 Å². The zero-order chi connectivity index (χ0) is 19.0. The van der Waals surface area contributed by atoms with Crippen LogP contribution in [0.3, 0.4) is 0 Å². The van der Waals surface area contributed by atoms with Gasteiger partial charge in [-0.3, -0.25) is 25.2 Å². The van der Waals surface area contributed by atoms with Crippen LogP contribution in [0.5, 0.6) is 0 Å². The van der Waals surface area contributed by atoms with Gasteiger partial charge in [-0.25, -0.2) is 0 Å². The minimum atomic E-state index is -0.477. The number of fused-ring (bicyclic) bond motifs is 1. The highest BCUT2D eigenvalue weighted by Crippen LogP contribution is 2.36. The monoisotopic (exact) mass is 375 g/mol. The molecule has 1 heterocycles. The summed E-state index contributed by atoms with van der Waals surface area (Å²) >= 11 is 1.04. The van der Waals surface area contributed by atoms with Gasteiger partial charge in [0, 0.05) is 12.1 Å². The van der Waals surface area contributed by atoms with Gasteiger partial charge in [0.15, 0.2) is 5.17 Å². The number of nitro benzene ring substituents is 1. The Morgan fingerprint density at radius 1 is 1.00 bits per heavy atom. The number of amidine groups is 1. The molecule has 7 heteroatoms. The van der Waals surface area contributed by atoms with Crippen molar-refractivity contribution in [1.29, 1.82) is 5.41 Å². The van der Waals surface area contributed by atoms with Crippen molar-refractivity contribution >= 4 is 51.1 Å². The van der Waals surface area contributed by atoms with Crippen LogP contribution in [-0.2, 0) is 4.79 Å². The molecular formula is C20H13N3O3S. The number of carbonyl (C=O) groups excluding carboxylic acids is 1. The van der Waals surface area contributed by atoms with Crippen LogP contribution in [0.2, 0.25) is 0 Å². The van der Waals surface area contributed by atoms with E-state index in [-0.39, 0.29) is 16.8 Å². The van der Waals surface area contributed by atoms with Crippen LogP contribution >= 0.6 is 11.8 Å². The van der Waals surface area contributed by atoms with Gasteiger partial charge in [0.1, 0.15) is 0 Å². The third-order valence-corrected chi connectivity index (χ3v) is 5.08. The normalized spacial score (nSPS) is 15.7. The first kappa shape index (κ1) is 17.0. The molecule has 1 fully saturated rings. The van der Waals surface area contributed by atoms with Crippen molar-refractivity contribution in [2.75, 3.05) is 4.90 Å². The third-order valence-electron chi connectivity index (χ3n) is 4.19. The van der Waals surface area contributed by atoms with Crippen LogP contribution in [-0.4, -0.2) is 16.0 Å². The van der Waals surface area contributed by atoms with E-state index in [1.165, 1.54) is 17.0 Å². The van der Waals surface area contributed by atoms with Crippen molar-refractivity contribution in [2.24, 2.45) is 0 Å². The number of nitrogens with one attached hydrogen (secondary N) is 1. The number of hydrogen-bond acceptors (Lipinski definition) is 5. The van der Waals surface area contributed by atoms with Gasteiger partial charge in [-0.1, -0.05) is 42.5 Å². The van der Waals surface area contributed by atoms with Crippen LogP contribution < -0.4 is 4.90 Å². The van der Waals surface area contributed by atoms with Crippen molar-refractivity contribution in [3.63, 3.8) is 0 Å². The molecule has 0 aliphatic carbocycles. The zero-order valence-electron chi connectivity index (χ0n) is 14.0. The molecule has 1 N–H and O–H groups in total. The first-order chi connectivity index (χ1) is 13.0. The van der Waals surface area contributed by atoms with E-state index in [9.17, 15) is 14.9 Å². The molecule has 4 rings (SSSR count). The molecule has 27 heavy (non-hydrogen) atoms. The van der Waals surface area contributed by atoms with Crippen molar-refractivity contribution in [2.45, 2.75) is 0 Å². The standard InChI is InChI=1S/C20H13N3O3S/c21-20-22(16-9-8-14-5-1-2-6-15(14)12-16)19(24)18(27-20)11-13-4-3-7-17(10-13)23(25)26/h1-12,21H/b18-11-,21-20?. The summed E-state index contributed by atoms with van der Waals surface area (Å²) in [6.07, 6.45) is 1.58. The minimum absolute atomic E-state index is 0.0405. The van der Waals surface area contributed by atoms with Gasteiger partial charge in [0.05, 0.1) is 15.5 Å². The maximum Gasteiger partial charge on any atom is 0.271 e.